The molecule has 1 amide bonds. The van der Waals surface area contributed by atoms with Crippen LogP contribution in [0.3, 0.4) is 0 Å². The number of hydrogen-bond acceptors (Lipinski definition) is 5. The van der Waals surface area contributed by atoms with E-state index >= 15 is 0 Å². The second-order valence-electron chi connectivity index (χ2n) is 7.67. The summed E-state index contributed by atoms with van der Waals surface area (Å²) in [5, 5.41) is 8.33. The summed E-state index contributed by atoms with van der Waals surface area (Å²) in [6.45, 7) is 5.76. The zero-order valence-corrected chi connectivity index (χ0v) is 17.8. The molecule has 1 aromatic heterocycles. The first kappa shape index (κ1) is 20.8. The first-order chi connectivity index (χ1) is 13.8. The third-order valence-corrected chi connectivity index (χ3v) is 5.55. The number of pyridine rings is 1. The molecule has 1 saturated carbocycles. The van der Waals surface area contributed by atoms with E-state index in [2.05, 4.69) is 4.98 Å². The Hall–Kier alpha value is -2.89. The van der Waals surface area contributed by atoms with Crippen LogP contribution in [0.25, 0.3) is 0 Å². The minimum absolute atomic E-state index is 0.0811. The quantitative estimate of drug-likeness (QED) is 0.683. The molecule has 29 heavy (non-hydrogen) atoms. The summed E-state index contributed by atoms with van der Waals surface area (Å²) in [5.41, 5.74) is 4.36. The molecule has 0 unspecified atom stereocenters. The molecule has 154 valence electrons. The Morgan fingerprint density at radius 2 is 1.93 bits per heavy atom. The van der Waals surface area contributed by atoms with E-state index in [9.17, 15) is 4.79 Å². The molecule has 0 radical (unpaired) electrons. The Morgan fingerprint density at radius 1 is 1.28 bits per heavy atom. The van der Waals surface area contributed by atoms with Gasteiger partial charge in [0, 0.05) is 30.3 Å². The number of carbonyl (C=O) groups excluding carboxylic acids is 1. The number of nitrogens with one attached hydrogen (secondary N) is 1. The largest absolute Gasteiger partial charge is 0.497 e. The molecule has 1 atom stereocenters. The van der Waals surface area contributed by atoms with Crippen LogP contribution in [0.4, 0.5) is 0 Å². The van der Waals surface area contributed by atoms with E-state index in [0.29, 0.717) is 17.5 Å². The highest BCUT2D eigenvalue weighted by atomic mass is 16.5. The van der Waals surface area contributed by atoms with Crippen molar-refractivity contribution >= 4 is 11.6 Å². The first-order valence-corrected chi connectivity index (χ1v) is 9.91. The first-order valence-electron chi connectivity index (χ1n) is 9.91. The highest BCUT2D eigenvalue weighted by Crippen LogP contribution is 2.34. The van der Waals surface area contributed by atoms with Crippen molar-refractivity contribution in [1.82, 2.24) is 9.88 Å². The normalized spacial score (nSPS) is 14.2. The molecule has 1 aliphatic rings. The fourth-order valence-corrected chi connectivity index (χ4v) is 3.41. The average Bonchev–Trinajstić information content (AvgIpc) is 3.55. The number of rotatable bonds is 8. The average molecular weight is 396 g/mol. The van der Waals surface area contributed by atoms with Crippen LogP contribution < -0.4 is 9.47 Å². The van der Waals surface area contributed by atoms with Crippen LogP contribution in [0, 0.1) is 25.2 Å². The molecule has 0 bridgehead atoms. The van der Waals surface area contributed by atoms with Crippen molar-refractivity contribution in [2.75, 3.05) is 20.8 Å². The summed E-state index contributed by atoms with van der Waals surface area (Å²) in [5.74, 6) is 1.45. The standard InChI is InChI=1S/C23H29N3O3/c1-14-12-20(25-15(2)22(14)23(24)18-6-7-18)29-13-21(27)26(4)16(3)17-8-10-19(28-5)11-9-17/h8-12,16,18,24H,6-7,13H2,1-5H3/t16-/m0/s1. The number of ether oxygens (including phenoxy) is 2. The number of carbonyl (C=O) groups is 1. The van der Waals surface area contributed by atoms with E-state index in [4.69, 9.17) is 14.9 Å². The zero-order valence-electron chi connectivity index (χ0n) is 17.8. The van der Waals surface area contributed by atoms with E-state index in [1.54, 1.807) is 19.1 Å². The van der Waals surface area contributed by atoms with Gasteiger partial charge in [0.2, 0.25) is 5.88 Å². The molecule has 1 heterocycles. The second kappa shape index (κ2) is 8.64. The van der Waals surface area contributed by atoms with Crippen molar-refractivity contribution in [3.05, 3.63) is 52.7 Å². The van der Waals surface area contributed by atoms with E-state index in [0.717, 1.165) is 41.0 Å². The van der Waals surface area contributed by atoms with Crippen LogP contribution in [-0.2, 0) is 4.79 Å². The lowest BCUT2D eigenvalue weighted by molar-refractivity contribution is -0.134. The third kappa shape index (κ3) is 4.75. The summed E-state index contributed by atoms with van der Waals surface area (Å²) < 4.78 is 10.9. The molecule has 1 aromatic carbocycles. The maximum Gasteiger partial charge on any atom is 0.260 e. The topological polar surface area (TPSA) is 75.5 Å². The Kier molecular flexibility index (Phi) is 6.20. The lowest BCUT2D eigenvalue weighted by Gasteiger charge is -2.25. The van der Waals surface area contributed by atoms with Crippen LogP contribution in [0.15, 0.2) is 30.3 Å². The summed E-state index contributed by atoms with van der Waals surface area (Å²) in [6.07, 6.45) is 2.17. The van der Waals surface area contributed by atoms with Crippen molar-refractivity contribution in [3.8, 4) is 11.6 Å². The predicted molar refractivity (Wildman–Crippen MR) is 113 cm³/mol. The molecule has 1 N–H and O–H groups in total. The minimum atomic E-state index is -0.125. The number of aromatic nitrogens is 1. The lowest BCUT2D eigenvalue weighted by atomic mass is 10.00. The lowest BCUT2D eigenvalue weighted by Crippen LogP contribution is -2.33. The van der Waals surface area contributed by atoms with Gasteiger partial charge < -0.3 is 19.8 Å². The monoisotopic (exact) mass is 395 g/mol. The van der Waals surface area contributed by atoms with Crippen LogP contribution >= 0.6 is 0 Å². The van der Waals surface area contributed by atoms with Crippen LogP contribution in [-0.4, -0.2) is 42.3 Å². The number of benzene rings is 1. The van der Waals surface area contributed by atoms with Gasteiger partial charge in [-0.05, 0) is 56.9 Å². The SMILES string of the molecule is COc1ccc([C@H](C)N(C)C(=O)COc2cc(C)c(C(=N)C3CC3)c(C)n2)cc1. The fourth-order valence-electron chi connectivity index (χ4n) is 3.41. The maximum absolute atomic E-state index is 12.6. The number of methoxy groups -OCH3 is 1. The van der Waals surface area contributed by atoms with Crippen molar-refractivity contribution in [2.45, 2.75) is 39.7 Å². The van der Waals surface area contributed by atoms with Gasteiger partial charge >= 0.3 is 0 Å². The van der Waals surface area contributed by atoms with Gasteiger partial charge in [0.15, 0.2) is 6.61 Å². The van der Waals surface area contributed by atoms with Crippen molar-refractivity contribution in [2.24, 2.45) is 5.92 Å². The summed E-state index contributed by atoms with van der Waals surface area (Å²) in [7, 11) is 3.40. The van der Waals surface area contributed by atoms with Gasteiger partial charge in [-0.3, -0.25) is 4.79 Å². The highest BCUT2D eigenvalue weighted by Gasteiger charge is 2.29. The smallest absolute Gasteiger partial charge is 0.260 e. The van der Waals surface area contributed by atoms with E-state index in [-0.39, 0.29) is 18.6 Å². The van der Waals surface area contributed by atoms with E-state index in [1.807, 2.05) is 51.1 Å². The highest BCUT2D eigenvalue weighted by molar-refractivity contribution is 6.03. The summed E-state index contributed by atoms with van der Waals surface area (Å²) >= 11 is 0. The molecule has 6 nitrogen and oxygen atoms in total. The second-order valence-corrected chi connectivity index (χ2v) is 7.67. The van der Waals surface area contributed by atoms with Crippen LogP contribution in [0.2, 0.25) is 0 Å². The molecule has 0 spiro atoms. The molecule has 6 heteroatoms. The molecule has 2 aromatic rings. The van der Waals surface area contributed by atoms with Gasteiger partial charge in [0.25, 0.3) is 5.91 Å². The number of hydrogen-bond donors (Lipinski definition) is 1. The zero-order chi connectivity index (χ0) is 21.1. The predicted octanol–water partition coefficient (Wildman–Crippen LogP) is 4.08. The van der Waals surface area contributed by atoms with Crippen LogP contribution in [0.1, 0.15) is 48.2 Å². The van der Waals surface area contributed by atoms with E-state index < -0.39 is 0 Å². The van der Waals surface area contributed by atoms with Gasteiger partial charge in [-0.15, -0.1) is 0 Å². The van der Waals surface area contributed by atoms with Crippen molar-refractivity contribution < 1.29 is 14.3 Å². The number of nitrogens with zero attached hydrogens (tertiary/aromatic N) is 2. The van der Waals surface area contributed by atoms with Gasteiger partial charge in [0.05, 0.1) is 18.8 Å². The molecular formula is C23H29N3O3. The Balaban J connectivity index is 1.62. The summed E-state index contributed by atoms with van der Waals surface area (Å²) in [4.78, 5) is 18.7. The summed E-state index contributed by atoms with van der Waals surface area (Å²) in [6, 6.07) is 9.41. The minimum Gasteiger partial charge on any atom is -0.497 e. The van der Waals surface area contributed by atoms with E-state index in [1.165, 1.54) is 0 Å². The van der Waals surface area contributed by atoms with Crippen molar-refractivity contribution in [1.29, 1.82) is 5.41 Å². The number of likely N-dealkylation sites (N-methyl/N-ethyl adjacent to an activating group) is 1. The van der Waals surface area contributed by atoms with Gasteiger partial charge in [-0.2, -0.15) is 0 Å². The Bertz CT molecular complexity index is 881. The van der Waals surface area contributed by atoms with Crippen molar-refractivity contribution in [3.63, 3.8) is 0 Å². The molecule has 1 aliphatic carbocycles. The van der Waals surface area contributed by atoms with Crippen LogP contribution in [0.5, 0.6) is 11.6 Å². The molecule has 0 aliphatic heterocycles. The Morgan fingerprint density at radius 3 is 2.48 bits per heavy atom. The van der Waals surface area contributed by atoms with Gasteiger partial charge in [-0.25, -0.2) is 4.98 Å². The molecule has 3 rings (SSSR count). The van der Waals surface area contributed by atoms with Gasteiger partial charge in [0.1, 0.15) is 5.75 Å². The number of aryl methyl sites for hydroxylation is 2. The molecular weight excluding hydrogens is 366 g/mol. The maximum atomic E-state index is 12.6. The third-order valence-electron chi connectivity index (χ3n) is 5.55. The van der Waals surface area contributed by atoms with Gasteiger partial charge in [-0.1, -0.05) is 12.1 Å². The number of amides is 1. The molecule has 0 saturated heterocycles. The molecule has 1 fully saturated rings. The fraction of sp³-hybridized carbons (Fsp3) is 0.435. The Labute approximate surface area is 172 Å².